The van der Waals surface area contributed by atoms with Crippen molar-refractivity contribution >= 4 is 101 Å². The maximum atomic E-state index is 14.8. The van der Waals surface area contributed by atoms with Crippen molar-refractivity contribution in [1.29, 1.82) is 0 Å². The Morgan fingerprint density at radius 2 is 1.20 bits per heavy atom. The van der Waals surface area contributed by atoms with Gasteiger partial charge in [-0.2, -0.15) is 0 Å². The third kappa shape index (κ3) is 18.5. The fraction of sp³-hybridized carbons (Fsp3) is 0.443. The highest BCUT2D eigenvalue weighted by Gasteiger charge is 2.46. The number of fused-ring (bicyclic) bond motifs is 5. The highest BCUT2D eigenvalue weighted by Crippen LogP contribution is 2.44. The fourth-order valence-electron chi connectivity index (χ4n) is 13.2. The first kappa shape index (κ1) is 78.2. The molecule has 34 nitrogen and oxygen atoms in total. The Hall–Kier alpha value is -10.4. The number of anilines is 1. The van der Waals surface area contributed by atoms with Crippen molar-refractivity contribution in [2.45, 2.75) is 108 Å². The number of aliphatic imine (C=N–C) groups is 2. The van der Waals surface area contributed by atoms with Crippen LogP contribution in [0.3, 0.4) is 0 Å². The molecule has 7 heterocycles. The van der Waals surface area contributed by atoms with Crippen LogP contribution in [0.15, 0.2) is 86.3 Å². The van der Waals surface area contributed by atoms with E-state index in [2.05, 4.69) is 45.9 Å². The number of aryl methyl sites for hydroxylation is 2. The molecule has 5 amide bonds. The number of cyclic esters (lactones) is 1. The van der Waals surface area contributed by atoms with Crippen LogP contribution in [0.1, 0.15) is 98.0 Å². The zero-order valence-corrected chi connectivity index (χ0v) is 60.7. The number of aliphatic hydroxyl groups is 1. The number of amides is 5. The van der Waals surface area contributed by atoms with Crippen LogP contribution >= 0.6 is 0 Å². The Morgan fingerprint density at radius 1 is 0.670 bits per heavy atom. The van der Waals surface area contributed by atoms with Crippen molar-refractivity contribution in [3.8, 4) is 33.6 Å². The van der Waals surface area contributed by atoms with Gasteiger partial charge in [-0.1, -0.05) is 20.8 Å². The van der Waals surface area contributed by atoms with Crippen LogP contribution in [0.4, 0.5) is 5.69 Å². The Morgan fingerprint density at radius 3 is 1.71 bits per heavy atom. The number of ether oxygens (including phenoxy) is 1. The first-order valence-electron chi connectivity index (χ1n) is 34.2. The van der Waals surface area contributed by atoms with Crippen molar-refractivity contribution in [3.05, 3.63) is 105 Å². The summed E-state index contributed by atoms with van der Waals surface area (Å²) in [7, 11) is -7.70. The summed E-state index contributed by atoms with van der Waals surface area (Å²) >= 11 is 0. The third-order valence-corrected chi connectivity index (χ3v) is 20.5. The number of aliphatic carboxylic acids is 3. The number of esters is 1. The number of pyridine rings is 2. The standard InChI is InChI=1S/C70H81N15O19S2/c1-7-70(99)50-28-54-61-48(33-85(54)66(97)49(50)38-104-67(70)98)46-11-10-12-47-51(14-15-52(77-61)59(46)47)78-62(93)40(4)76-65(96)60(39(2)3)80-64(95)53(79-63(94)43-26-41(44-29-72-68(73-30-44)105(5,100)101)25-42(27-43)45-31-74-69(75-32-45)106(6,102)103)13-8-9-16-71-55(86)34-81-17-19-82(35-56(87)88)21-23-84(37-58(91)92)24-22-83(20-18-81)36-57(89)90/h14-15,25-32,39,53,99H,7-13,16-24,33-38H2,1-6H3,(H,71,86)(H,78,93)(H,79,94)(H,87,88)(H,89,90)(H,91,92)/t53-,70-/m0/s1. The zero-order valence-electron chi connectivity index (χ0n) is 59.1. The minimum absolute atomic E-state index is 0.0235. The first-order valence-corrected chi connectivity index (χ1v) is 38.0. The Bertz CT molecular complexity index is 4770. The highest BCUT2D eigenvalue weighted by atomic mass is 32.2. The van der Waals surface area contributed by atoms with Gasteiger partial charge in [-0.25, -0.2) is 56.5 Å². The van der Waals surface area contributed by atoms with Gasteiger partial charge in [0.25, 0.3) is 29.2 Å². The maximum absolute atomic E-state index is 14.8. The van der Waals surface area contributed by atoms with Crippen LogP contribution in [0.25, 0.3) is 44.5 Å². The van der Waals surface area contributed by atoms with Crippen LogP contribution in [0.5, 0.6) is 0 Å². The molecule has 7 N–H and O–H groups in total. The minimum atomic E-state index is -3.85. The Kier molecular flexibility index (Phi) is 24.3. The van der Waals surface area contributed by atoms with E-state index in [0.717, 1.165) is 34.6 Å². The van der Waals surface area contributed by atoms with Crippen molar-refractivity contribution in [2.75, 3.05) is 103 Å². The van der Waals surface area contributed by atoms with Crippen molar-refractivity contribution in [1.82, 2.24) is 59.7 Å². The number of aromatic nitrogens is 6. The van der Waals surface area contributed by atoms with E-state index >= 15 is 0 Å². The largest absolute Gasteiger partial charge is 0.480 e. The maximum Gasteiger partial charge on any atom is 0.343 e. The average molecular weight is 1500 g/mol. The predicted molar refractivity (Wildman–Crippen MR) is 382 cm³/mol. The fourth-order valence-corrected chi connectivity index (χ4v) is 14.2. The summed E-state index contributed by atoms with van der Waals surface area (Å²) in [5, 5.41) is 48.7. The molecular formula is C70H81N15O19S2. The van der Waals surface area contributed by atoms with Gasteiger partial charge in [0.1, 0.15) is 24.1 Å². The topological polar surface area (TPSA) is 472 Å². The number of benzene rings is 2. The Balaban J connectivity index is 0.893. The van der Waals surface area contributed by atoms with E-state index in [1.807, 2.05) is 0 Å². The van der Waals surface area contributed by atoms with E-state index in [4.69, 9.17) is 9.72 Å². The number of carbonyl (C=O) groups excluding carboxylic acids is 6. The molecule has 10 rings (SSSR count). The van der Waals surface area contributed by atoms with Gasteiger partial charge in [0.15, 0.2) is 5.60 Å². The molecule has 2 atom stereocenters. The molecule has 4 aromatic heterocycles. The number of nitrogens with zero attached hydrogens (tertiary/aromatic N) is 12. The van der Waals surface area contributed by atoms with Crippen molar-refractivity contribution in [3.63, 3.8) is 0 Å². The first-order chi connectivity index (χ1) is 50.2. The number of carboxylic acid groups (broad SMARTS) is 3. The van der Waals surface area contributed by atoms with Crippen LogP contribution in [0, 0.1) is 5.92 Å². The molecule has 562 valence electrons. The number of sulfone groups is 2. The lowest BCUT2D eigenvalue weighted by Gasteiger charge is -2.32. The molecule has 0 spiro atoms. The molecule has 3 aliphatic heterocycles. The van der Waals surface area contributed by atoms with Crippen LogP contribution in [-0.2, 0) is 94.4 Å². The van der Waals surface area contributed by atoms with Gasteiger partial charge in [0.2, 0.25) is 35.9 Å². The van der Waals surface area contributed by atoms with Crippen LogP contribution < -0.4 is 21.5 Å². The lowest BCUT2D eigenvalue weighted by Crippen LogP contribution is -2.49. The van der Waals surface area contributed by atoms with Crippen molar-refractivity contribution < 1.29 is 85.1 Å². The summed E-state index contributed by atoms with van der Waals surface area (Å²) in [6.07, 6.45) is 8.62. The quantitative estimate of drug-likeness (QED) is 0.0184. The third-order valence-electron chi connectivity index (χ3n) is 18.8. The molecule has 1 saturated heterocycles. The number of carbonyl (C=O) groups is 9. The van der Waals surface area contributed by atoms with Gasteiger partial charge in [-0.05, 0) is 111 Å². The number of carboxylic acids is 3. The number of hydrogen-bond acceptors (Lipinski definition) is 25. The minimum Gasteiger partial charge on any atom is -0.480 e. The molecular weight excluding hydrogens is 1420 g/mol. The molecule has 2 aromatic carbocycles. The smallest absolute Gasteiger partial charge is 0.343 e. The lowest BCUT2D eigenvalue weighted by atomic mass is 9.85. The summed E-state index contributed by atoms with van der Waals surface area (Å²) in [5.74, 6) is -9.15. The van der Waals surface area contributed by atoms with E-state index in [-0.39, 0.29) is 174 Å². The molecule has 36 heteroatoms. The number of nitrogens with one attached hydrogen (secondary N) is 3. The molecule has 0 bridgehead atoms. The molecule has 0 unspecified atom stereocenters. The van der Waals surface area contributed by atoms with Gasteiger partial charge >= 0.3 is 23.9 Å². The SMILES string of the molecule is CC[C@@]1(O)C(=O)OCc2c1cc1n(c2=O)Cc2c-1nc1ccc(NC(=O)C(C)=NC(=O)C(=NC(=O)[C@H](CCCCNC(=O)CN3CCN(CC(=O)O)CCN(CC(=O)O)CCN(CC(=O)O)CC3)NC(=O)c3cc(-c4cnc(S(C)(=O)=O)nc4)cc(-c4cnc(S(C)(=O)=O)nc4)c3)C(C)C)c3c1c2CCC3. The van der Waals surface area contributed by atoms with Gasteiger partial charge in [-0.3, -0.25) is 62.8 Å². The van der Waals surface area contributed by atoms with E-state index in [0.29, 0.717) is 41.9 Å². The average Bonchev–Trinajstić information content (AvgIpc) is 1.53. The van der Waals surface area contributed by atoms with Gasteiger partial charge < -0.3 is 45.7 Å². The van der Waals surface area contributed by atoms with Crippen LogP contribution in [0.2, 0.25) is 0 Å². The molecule has 106 heavy (non-hydrogen) atoms. The zero-order chi connectivity index (χ0) is 76.7. The molecule has 0 radical (unpaired) electrons. The monoisotopic (exact) mass is 1500 g/mol. The molecule has 1 aliphatic carbocycles. The molecule has 1 fully saturated rings. The highest BCUT2D eigenvalue weighted by molar-refractivity contribution is 7.90. The van der Waals surface area contributed by atoms with Gasteiger partial charge in [0, 0.05) is 141 Å². The van der Waals surface area contributed by atoms with Crippen molar-refractivity contribution in [2.24, 2.45) is 15.9 Å². The molecule has 0 saturated carbocycles. The number of unbranched alkanes of at least 4 members (excludes halogenated alkanes) is 1. The van der Waals surface area contributed by atoms with E-state index in [9.17, 15) is 85.2 Å². The summed E-state index contributed by atoms with van der Waals surface area (Å²) in [6, 6.07) is 7.88. The normalized spacial score (nSPS) is 17.4. The lowest BCUT2D eigenvalue weighted by molar-refractivity contribution is -0.172. The molecule has 4 aliphatic rings. The predicted octanol–water partition coefficient (Wildman–Crippen LogP) is 1.40. The number of rotatable bonds is 25. The second-order valence-electron chi connectivity index (χ2n) is 26.8. The van der Waals surface area contributed by atoms with E-state index in [1.54, 1.807) is 69.2 Å². The summed E-state index contributed by atoms with van der Waals surface area (Å²) in [6.45, 7) is 6.07. The van der Waals surface area contributed by atoms with Gasteiger partial charge in [0.05, 0.1) is 55.2 Å². The number of hydrogen-bond donors (Lipinski definition) is 7. The van der Waals surface area contributed by atoms with E-state index < -0.39 is 107 Å². The second kappa shape index (κ2) is 33.0. The summed E-state index contributed by atoms with van der Waals surface area (Å²) < 4.78 is 56.1. The summed E-state index contributed by atoms with van der Waals surface area (Å²) in [4.78, 5) is 170. The summed E-state index contributed by atoms with van der Waals surface area (Å²) in [5.41, 5.74) is 2.51. The van der Waals surface area contributed by atoms with Gasteiger partial charge in [-0.15, -0.1) is 0 Å². The Labute approximate surface area is 608 Å². The van der Waals surface area contributed by atoms with Crippen LogP contribution in [-0.4, -0.2) is 255 Å². The van der Waals surface area contributed by atoms with E-state index in [1.165, 1.54) is 43.8 Å². The molecule has 6 aromatic rings. The second-order valence-corrected chi connectivity index (χ2v) is 30.6.